The van der Waals surface area contributed by atoms with E-state index in [0.29, 0.717) is 12.1 Å². The Morgan fingerprint density at radius 2 is 2.36 bits per heavy atom. The van der Waals surface area contributed by atoms with Gasteiger partial charge in [0.2, 0.25) is 0 Å². The van der Waals surface area contributed by atoms with E-state index in [1.54, 1.807) is 17.9 Å². The van der Waals surface area contributed by atoms with Crippen LogP contribution in [0.1, 0.15) is 5.69 Å². The Hall–Kier alpha value is -1.92. The van der Waals surface area contributed by atoms with Gasteiger partial charge in [0, 0.05) is 19.7 Å². The molecule has 1 fully saturated rings. The molecule has 1 atom stereocenters. The fourth-order valence-electron chi connectivity index (χ4n) is 1.30. The summed E-state index contributed by atoms with van der Waals surface area (Å²) >= 11 is 0. The summed E-state index contributed by atoms with van der Waals surface area (Å²) in [7, 11) is 1.74. The summed E-state index contributed by atoms with van der Waals surface area (Å²) in [5, 5.41) is 12.2. The number of urea groups is 1. The maximum Gasteiger partial charge on any atom is 0.322 e. The first-order valence-corrected chi connectivity index (χ1v) is 4.12. The standard InChI is InChI=1S/C7H9N5O2/c1-12-3-4(10-11-12)2-5-6(13)9-7(14)8-5/h3,5H,2H2,1H3,(H2,8,9,13,14). The highest BCUT2D eigenvalue weighted by Crippen LogP contribution is 2.02. The number of nitrogens with zero attached hydrogens (tertiary/aromatic N) is 3. The Balaban J connectivity index is 2.05. The Labute approximate surface area is 79.5 Å². The topological polar surface area (TPSA) is 88.9 Å². The van der Waals surface area contributed by atoms with Gasteiger partial charge in [0.05, 0.1) is 5.69 Å². The van der Waals surface area contributed by atoms with Crippen molar-refractivity contribution in [3.63, 3.8) is 0 Å². The van der Waals surface area contributed by atoms with Crippen LogP contribution in [0.2, 0.25) is 0 Å². The highest BCUT2D eigenvalue weighted by molar-refractivity contribution is 6.04. The van der Waals surface area contributed by atoms with Crippen LogP contribution in [0, 0.1) is 0 Å². The molecule has 3 amide bonds. The van der Waals surface area contributed by atoms with E-state index in [-0.39, 0.29) is 5.91 Å². The van der Waals surface area contributed by atoms with Crippen LogP contribution < -0.4 is 10.6 Å². The summed E-state index contributed by atoms with van der Waals surface area (Å²) in [6, 6.07) is -0.983. The van der Waals surface area contributed by atoms with Crippen molar-refractivity contribution < 1.29 is 9.59 Å². The third kappa shape index (κ3) is 1.56. The van der Waals surface area contributed by atoms with Gasteiger partial charge in [-0.25, -0.2) is 4.79 Å². The van der Waals surface area contributed by atoms with Gasteiger partial charge in [0.15, 0.2) is 0 Å². The molecule has 0 aromatic carbocycles. The zero-order valence-corrected chi connectivity index (χ0v) is 7.52. The zero-order valence-electron chi connectivity index (χ0n) is 7.52. The number of amides is 3. The molecule has 1 saturated heterocycles. The Morgan fingerprint density at radius 1 is 1.57 bits per heavy atom. The van der Waals surface area contributed by atoms with Crippen molar-refractivity contribution in [2.45, 2.75) is 12.5 Å². The largest absolute Gasteiger partial charge is 0.326 e. The van der Waals surface area contributed by atoms with E-state index in [0.717, 1.165) is 0 Å². The molecule has 7 heteroatoms. The molecule has 1 aliphatic rings. The lowest BCUT2D eigenvalue weighted by Gasteiger charge is -2.02. The van der Waals surface area contributed by atoms with Crippen molar-refractivity contribution in [1.82, 2.24) is 25.6 Å². The number of carbonyl (C=O) groups is 2. The lowest BCUT2D eigenvalue weighted by Crippen LogP contribution is -2.31. The molecule has 0 radical (unpaired) electrons. The molecule has 1 unspecified atom stereocenters. The van der Waals surface area contributed by atoms with E-state index in [2.05, 4.69) is 20.9 Å². The second-order valence-corrected chi connectivity index (χ2v) is 3.10. The van der Waals surface area contributed by atoms with Gasteiger partial charge in [0.1, 0.15) is 6.04 Å². The van der Waals surface area contributed by atoms with Crippen LogP contribution in [0.5, 0.6) is 0 Å². The number of rotatable bonds is 2. The molecule has 2 heterocycles. The predicted octanol–water partition coefficient (Wildman–Crippen LogP) is -1.43. The molecule has 7 nitrogen and oxygen atoms in total. The van der Waals surface area contributed by atoms with Gasteiger partial charge in [-0.1, -0.05) is 5.21 Å². The number of hydrogen-bond acceptors (Lipinski definition) is 4. The molecule has 1 aromatic rings. The minimum Gasteiger partial charge on any atom is -0.326 e. The molecule has 0 spiro atoms. The SMILES string of the molecule is Cn1cc(CC2NC(=O)NC2=O)nn1. The lowest BCUT2D eigenvalue weighted by atomic mass is 10.2. The second-order valence-electron chi connectivity index (χ2n) is 3.10. The summed E-state index contributed by atoms with van der Waals surface area (Å²) in [6.45, 7) is 0. The van der Waals surface area contributed by atoms with Crippen molar-refractivity contribution in [2.75, 3.05) is 0 Å². The first kappa shape index (κ1) is 8.67. The van der Waals surface area contributed by atoms with E-state index in [1.807, 2.05) is 0 Å². The highest BCUT2D eigenvalue weighted by atomic mass is 16.2. The number of imide groups is 1. The number of hydrogen-bond donors (Lipinski definition) is 2. The van der Waals surface area contributed by atoms with Gasteiger partial charge < -0.3 is 5.32 Å². The Kier molecular flexibility index (Phi) is 1.91. The van der Waals surface area contributed by atoms with Gasteiger partial charge in [-0.15, -0.1) is 5.10 Å². The summed E-state index contributed by atoms with van der Waals surface area (Å²) < 4.78 is 1.55. The maximum atomic E-state index is 11.1. The first-order chi connectivity index (χ1) is 6.65. The molecular formula is C7H9N5O2. The smallest absolute Gasteiger partial charge is 0.322 e. The van der Waals surface area contributed by atoms with Gasteiger partial charge >= 0.3 is 6.03 Å². The molecule has 0 bridgehead atoms. The molecule has 1 aromatic heterocycles. The van der Waals surface area contributed by atoms with E-state index in [9.17, 15) is 9.59 Å². The van der Waals surface area contributed by atoms with Gasteiger partial charge in [-0.2, -0.15) is 0 Å². The van der Waals surface area contributed by atoms with Crippen molar-refractivity contribution in [3.8, 4) is 0 Å². The van der Waals surface area contributed by atoms with Crippen LogP contribution >= 0.6 is 0 Å². The van der Waals surface area contributed by atoms with Crippen molar-refractivity contribution in [2.24, 2.45) is 7.05 Å². The molecule has 0 aliphatic carbocycles. The maximum absolute atomic E-state index is 11.1. The molecular weight excluding hydrogens is 186 g/mol. The quantitative estimate of drug-likeness (QED) is 0.566. The molecule has 14 heavy (non-hydrogen) atoms. The van der Waals surface area contributed by atoms with Crippen LogP contribution in [-0.4, -0.2) is 33.0 Å². The number of aryl methyl sites for hydroxylation is 1. The van der Waals surface area contributed by atoms with Crippen LogP contribution in [0.15, 0.2) is 6.20 Å². The van der Waals surface area contributed by atoms with E-state index in [4.69, 9.17) is 0 Å². The van der Waals surface area contributed by atoms with Gasteiger partial charge in [-0.3, -0.25) is 14.8 Å². The molecule has 2 rings (SSSR count). The fourth-order valence-corrected chi connectivity index (χ4v) is 1.30. The average molecular weight is 195 g/mol. The van der Waals surface area contributed by atoms with Crippen molar-refractivity contribution >= 4 is 11.9 Å². The van der Waals surface area contributed by atoms with Crippen LogP contribution in [0.25, 0.3) is 0 Å². The van der Waals surface area contributed by atoms with E-state index in [1.165, 1.54) is 0 Å². The monoisotopic (exact) mass is 195 g/mol. The van der Waals surface area contributed by atoms with Crippen LogP contribution in [-0.2, 0) is 18.3 Å². The highest BCUT2D eigenvalue weighted by Gasteiger charge is 2.29. The Morgan fingerprint density at radius 3 is 2.86 bits per heavy atom. The number of carbonyl (C=O) groups excluding carboxylic acids is 2. The minimum atomic E-state index is -0.529. The first-order valence-electron chi connectivity index (χ1n) is 4.12. The van der Waals surface area contributed by atoms with Crippen molar-refractivity contribution in [1.29, 1.82) is 0 Å². The van der Waals surface area contributed by atoms with Crippen molar-refractivity contribution in [3.05, 3.63) is 11.9 Å². The normalized spacial score (nSPS) is 20.8. The predicted molar refractivity (Wildman–Crippen MR) is 45.2 cm³/mol. The van der Waals surface area contributed by atoms with Gasteiger partial charge in [-0.05, 0) is 0 Å². The summed E-state index contributed by atoms with van der Waals surface area (Å²) in [4.78, 5) is 21.9. The summed E-state index contributed by atoms with van der Waals surface area (Å²) in [5.74, 6) is -0.319. The molecule has 2 N–H and O–H groups in total. The Bertz CT molecular complexity index is 385. The minimum absolute atomic E-state index is 0.319. The lowest BCUT2D eigenvalue weighted by molar-refractivity contribution is -0.120. The fraction of sp³-hybridized carbons (Fsp3) is 0.429. The average Bonchev–Trinajstić information content (AvgIpc) is 2.61. The number of aromatic nitrogens is 3. The van der Waals surface area contributed by atoms with E-state index < -0.39 is 12.1 Å². The second kappa shape index (κ2) is 3.09. The van der Waals surface area contributed by atoms with E-state index >= 15 is 0 Å². The number of nitrogens with one attached hydrogen (secondary N) is 2. The molecule has 1 aliphatic heterocycles. The zero-order chi connectivity index (χ0) is 10.1. The molecule has 0 saturated carbocycles. The summed E-state index contributed by atoms with van der Waals surface area (Å²) in [6.07, 6.45) is 2.07. The van der Waals surface area contributed by atoms with Crippen LogP contribution in [0.4, 0.5) is 4.79 Å². The molecule has 74 valence electrons. The third-order valence-corrected chi connectivity index (χ3v) is 1.92. The van der Waals surface area contributed by atoms with Gasteiger partial charge in [0.25, 0.3) is 5.91 Å². The third-order valence-electron chi connectivity index (χ3n) is 1.92. The van der Waals surface area contributed by atoms with Crippen LogP contribution in [0.3, 0.4) is 0 Å². The summed E-state index contributed by atoms with van der Waals surface area (Å²) in [5.41, 5.74) is 0.676.